The molecule has 0 bridgehead atoms. The number of ether oxygens (including phenoxy) is 1. The molecule has 0 saturated carbocycles. The smallest absolute Gasteiger partial charge is 0.254 e. The van der Waals surface area contributed by atoms with Gasteiger partial charge in [0.05, 0.1) is 22.9 Å². The predicted octanol–water partition coefficient (Wildman–Crippen LogP) is 4.60. The van der Waals surface area contributed by atoms with Crippen LogP contribution in [-0.2, 0) is 11.2 Å². The van der Waals surface area contributed by atoms with Gasteiger partial charge in [-0.1, -0.05) is 12.1 Å². The minimum atomic E-state index is 0.0171. The van der Waals surface area contributed by atoms with Crippen LogP contribution in [0.5, 0.6) is 0 Å². The maximum atomic E-state index is 13.3. The van der Waals surface area contributed by atoms with E-state index in [9.17, 15) is 4.79 Å². The highest BCUT2D eigenvalue weighted by molar-refractivity contribution is 7.18. The van der Waals surface area contributed by atoms with Gasteiger partial charge in [0.15, 0.2) is 11.5 Å². The number of benzene rings is 2. The third-order valence-corrected chi connectivity index (χ3v) is 6.45. The number of likely N-dealkylation sites (tertiary alicyclic amines) is 1. The van der Waals surface area contributed by atoms with Crippen molar-refractivity contribution in [3.63, 3.8) is 0 Å². The average molecular weight is 407 g/mol. The minimum absolute atomic E-state index is 0.0171. The maximum absolute atomic E-state index is 13.3. The summed E-state index contributed by atoms with van der Waals surface area (Å²) in [5.41, 5.74) is 3.02. The summed E-state index contributed by atoms with van der Waals surface area (Å²) in [6.45, 7) is 1.29. The first-order chi connectivity index (χ1) is 14.2. The molecule has 1 aliphatic rings. The van der Waals surface area contributed by atoms with Crippen LogP contribution in [0.25, 0.3) is 21.3 Å². The highest BCUT2D eigenvalue weighted by Crippen LogP contribution is 2.37. The first kappa shape index (κ1) is 18.3. The van der Waals surface area contributed by atoms with Gasteiger partial charge in [-0.05, 0) is 43.2 Å². The van der Waals surface area contributed by atoms with Crippen LogP contribution in [-0.4, -0.2) is 41.0 Å². The van der Waals surface area contributed by atoms with Gasteiger partial charge in [0.25, 0.3) is 5.91 Å². The lowest BCUT2D eigenvalue weighted by Crippen LogP contribution is -2.30. The van der Waals surface area contributed by atoms with E-state index in [1.807, 2.05) is 35.2 Å². The number of nitrogens with zero attached hydrogens (tertiary/aromatic N) is 3. The van der Waals surface area contributed by atoms with Crippen molar-refractivity contribution < 1.29 is 13.9 Å². The number of oxazole rings is 1. The number of fused-ring (bicyclic) bond motifs is 2. The van der Waals surface area contributed by atoms with Gasteiger partial charge in [-0.3, -0.25) is 4.79 Å². The number of hydrogen-bond donors (Lipinski definition) is 0. The molecule has 0 unspecified atom stereocenters. The summed E-state index contributed by atoms with van der Waals surface area (Å²) >= 11 is 1.68. The number of thiazole rings is 1. The van der Waals surface area contributed by atoms with E-state index in [4.69, 9.17) is 14.1 Å². The number of hydrogen-bond acceptors (Lipinski definition) is 6. The van der Waals surface area contributed by atoms with Crippen LogP contribution >= 0.6 is 11.3 Å². The number of rotatable bonds is 5. The van der Waals surface area contributed by atoms with Crippen LogP contribution in [0.4, 0.5) is 0 Å². The van der Waals surface area contributed by atoms with Crippen molar-refractivity contribution in [3.8, 4) is 0 Å². The van der Waals surface area contributed by atoms with Crippen molar-refractivity contribution in [2.24, 2.45) is 0 Å². The van der Waals surface area contributed by atoms with Gasteiger partial charge in [-0.25, -0.2) is 9.97 Å². The van der Waals surface area contributed by atoms with Crippen LogP contribution in [0.1, 0.15) is 40.1 Å². The van der Waals surface area contributed by atoms with Crippen LogP contribution in [0, 0.1) is 0 Å². The van der Waals surface area contributed by atoms with Crippen molar-refractivity contribution in [3.05, 3.63) is 58.9 Å². The Kier molecular flexibility index (Phi) is 4.77. The molecule has 0 N–H and O–H groups in total. The number of carbonyl (C=O) groups is 1. The highest BCUT2D eigenvalue weighted by atomic mass is 32.1. The molecule has 4 aromatic rings. The first-order valence-electron chi connectivity index (χ1n) is 9.78. The Morgan fingerprint density at radius 2 is 2.14 bits per heavy atom. The summed E-state index contributed by atoms with van der Waals surface area (Å²) in [6, 6.07) is 13.6. The molecule has 1 aliphatic heterocycles. The monoisotopic (exact) mass is 407 g/mol. The Hall–Kier alpha value is -2.77. The lowest BCUT2D eigenvalue weighted by Gasteiger charge is -2.23. The zero-order valence-corrected chi connectivity index (χ0v) is 16.9. The quantitative estimate of drug-likeness (QED) is 0.483. The number of aromatic nitrogens is 2. The second kappa shape index (κ2) is 7.57. The average Bonchev–Trinajstić information content (AvgIpc) is 3.47. The summed E-state index contributed by atoms with van der Waals surface area (Å²) in [5.74, 6) is 0.642. The molecule has 3 heterocycles. The molecule has 2 aromatic carbocycles. The van der Waals surface area contributed by atoms with Gasteiger partial charge < -0.3 is 14.1 Å². The van der Waals surface area contributed by atoms with Gasteiger partial charge in [-0.2, -0.15) is 0 Å². The highest BCUT2D eigenvalue weighted by Gasteiger charge is 2.33. The molecule has 1 atom stereocenters. The molecule has 29 heavy (non-hydrogen) atoms. The van der Waals surface area contributed by atoms with Crippen LogP contribution in [0.2, 0.25) is 0 Å². The predicted molar refractivity (Wildman–Crippen MR) is 112 cm³/mol. The molecule has 6 nitrogen and oxygen atoms in total. The standard InChI is InChI=1S/C22H21N3O3S/c1-27-12-10-20-23-15-9-8-14(13-18(15)28-20)22(26)25-11-4-6-17(25)21-24-16-5-2-3-7-19(16)29-21/h2-3,5,7-9,13,17H,4,6,10-12H2,1H3/t17-/m1/s1. The lowest BCUT2D eigenvalue weighted by molar-refractivity contribution is 0.0735. The summed E-state index contributed by atoms with van der Waals surface area (Å²) in [6.07, 6.45) is 2.54. The molecular formula is C22H21N3O3S. The van der Waals surface area contributed by atoms with Gasteiger partial charge in [0, 0.05) is 25.6 Å². The zero-order chi connectivity index (χ0) is 19.8. The van der Waals surface area contributed by atoms with E-state index >= 15 is 0 Å². The molecule has 2 aromatic heterocycles. The fraction of sp³-hybridized carbons (Fsp3) is 0.318. The number of methoxy groups -OCH3 is 1. The number of para-hydroxylation sites is 1. The molecule has 0 aliphatic carbocycles. The second-order valence-electron chi connectivity index (χ2n) is 7.21. The van der Waals surface area contributed by atoms with Crippen molar-refractivity contribution in [2.45, 2.75) is 25.3 Å². The van der Waals surface area contributed by atoms with Crippen molar-refractivity contribution in [1.29, 1.82) is 0 Å². The van der Waals surface area contributed by atoms with Gasteiger partial charge >= 0.3 is 0 Å². The van der Waals surface area contributed by atoms with Crippen LogP contribution in [0.15, 0.2) is 46.9 Å². The van der Waals surface area contributed by atoms with E-state index in [2.05, 4.69) is 11.1 Å². The Morgan fingerprint density at radius 1 is 1.24 bits per heavy atom. The first-order valence-corrected chi connectivity index (χ1v) is 10.6. The molecule has 148 valence electrons. The summed E-state index contributed by atoms with van der Waals surface area (Å²) < 4.78 is 12.0. The third kappa shape index (κ3) is 3.41. The van der Waals surface area contributed by atoms with Crippen molar-refractivity contribution in [1.82, 2.24) is 14.9 Å². The third-order valence-electron chi connectivity index (χ3n) is 5.31. The van der Waals surface area contributed by atoms with E-state index in [1.165, 1.54) is 0 Å². The fourth-order valence-corrected chi connectivity index (χ4v) is 4.98. The Morgan fingerprint density at radius 3 is 3.00 bits per heavy atom. The van der Waals surface area contributed by atoms with Crippen LogP contribution in [0.3, 0.4) is 0 Å². The molecule has 0 radical (unpaired) electrons. The Labute approximate surface area is 172 Å². The van der Waals surface area contributed by atoms with Crippen molar-refractivity contribution >= 4 is 38.6 Å². The molecular weight excluding hydrogens is 386 g/mol. The van der Waals surface area contributed by atoms with Gasteiger partial charge in [0.1, 0.15) is 10.5 Å². The zero-order valence-electron chi connectivity index (χ0n) is 16.1. The number of carbonyl (C=O) groups excluding carboxylic acids is 1. The largest absolute Gasteiger partial charge is 0.441 e. The van der Waals surface area contributed by atoms with E-state index in [1.54, 1.807) is 24.5 Å². The van der Waals surface area contributed by atoms with E-state index in [0.717, 1.165) is 40.1 Å². The number of amides is 1. The Bertz CT molecular complexity index is 1150. The lowest BCUT2D eigenvalue weighted by atomic mass is 10.1. The summed E-state index contributed by atoms with van der Waals surface area (Å²) in [5, 5.41) is 1.01. The second-order valence-corrected chi connectivity index (χ2v) is 8.27. The SMILES string of the molecule is COCCc1nc2ccc(C(=O)N3CCC[C@@H]3c3nc4ccccc4s3)cc2o1. The molecule has 5 rings (SSSR count). The normalized spacial score (nSPS) is 16.9. The Balaban J connectivity index is 1.42. The van der Waals surface area contributed by atoms with E-state index in [0.29, 0.717) is 30.1 Å². The minimum Gasteiger partial charge on any atom is -0.441 e. The molecule has 1 saturated heterocycles. The van der Waals surface area contributed by atoms with Crippen molar-refractivity contribution in [2.75, 3.05) is 20.3 Å². The van der Waals surface area contributed by atoms with E-state index < -0.39 is 0 Å². The van der Waals surface area contributed by atoms with Gasteiger partial charge in [-0.15, -0.1) is 11.3 Å². The molecule has 1 amide bonds. The summed E-state index contributed by atoms with van der Waals surface area (Å²) in [4.78, 5) is 24.5. The summed E-state index contributed by atoms with van der Waals surface area (Å²) in [7, 11) is 1.65. The molecule has 0 spiro atoms. The topological polar surface area (TPSA) is 68.5 Å². The fourth-order valence-electron chi connectivity index (χ4n) is 3.87. The van der Waals surface area contributed by atoms with Gasteiger partial charge in [0.2, 0.25) is 0 Å². The van der Waals surface area contributed by atoms with E-state index in [-0.39, 0.29) is 11.9 Å². The maximum Gasteiger partial charge on any atom is 0.254 e. The molecule has 7 heteroatoms. The van der Waals surface area contributed by atoms with Crippen LogP contribution < -0.4 is 0 Å². The molecule has 1 fully saturated rings.